The minimum atomic E-state index is 1.12. The number of nitrogens with zero attached hydrogens (tertiary/aromatic N) is 1. The van der Waals surface area contributed by atoms with Gasteiger partial charge in [-0.3, -0.25) is 0 Å². The van der Waals surface area contributed by atoms with Gasteiger partial charge in [-0.15, -0.1) is 0 Å². The molecule has 0 aliphatic rings. The van der Waals surface area contributed by atoms with Gasteiger partial charge in [0.2, 0.25) is 0 Å². The molecule has 0 aliphatic carbocycles. The Kier molecular flexibility index (Phi) is 3.50. The summed E-state index contributed by atoms with van der Waals surface area (Å²) in [7, 11) is 0. The maximum absolute atomic E-state index is 2.41. The molecule has 2 heteroatoms. The first-order valence-electron chi connectivity index (χ1n) is 4.19. The Morgan fingerprint density at radius 3 is 2.08 bits per heavy atom. The molecule has 1 rings (SSSR count). The second-order valence-corrected chi connectivity index (χ2v) is 4.23. The van der Waals surface area contributed by atoms with Gasteiger partial charge in [0.05, 0.1) is 4.43 Å². The fraction of sp³-hybridized carbons (Fsp3) is 0.500. The molecule has 0 fully saturated rings. The molecule has 0 radical (unpaired) electrons. The van der Waals surface area contributed by atoms with E-state index in [9.17, 15) is 0 Å². The molecule has 0 bridgehead atoms. The highest BCUT2D eigenvalue weighted by atomic mass is 127. The summed E-state index contributed by atoms with van der Waals surface area (Å²) in [5.41, 5.74) is 4.09. The van der Waals surface area contributed by atoms with E-state index in [2.05, 4.69) is 60.1 Å². The largest absolute Gasteiger partial charge is 0.199 e. The minimum absolute atomic E-state index is 1.12. The van der Waals surface area contributed by atoms with Crippen LogP contribution in [0.25, 0.3) is 0 Å². The molecule has 0 aromatic carbocycles. The van der Waals surface area contributed by atoms with Gasteiger partial charge < -0.3 is 0 Å². The van der Waals surface area contributed by atoms with Crippen molar-refractivity contribution < 1.29 is 4.57 Å². The van der Waals surface area contributed by atoms with E-state index >= 15 is 0 Å². The zero-order valence-electron chi connectivity index (χ0n) is 7.89. The Hall–Kier alpha value is -0.120. The van der Waals surface area contributed by atoms with Crippen LogP contribution in [0.3, 0.4) is 0 Å². The third-order valence-electron chi connectivity index (χ3n) is 2.03. The van der Waals surface area contributed by atoms with Crippen LogP contribution in [0.4, 0.5) is 0 Å². The Labute approximate surface area is 87.9 Å². The molecule has 1 aromatic heterocycles. The van der Waals surface area contributed by atoms with Crippen LogP contribution in [0.1, 0.15) is 17.0 Å². The summed E-state index contributed by atoms with van der Waals surface area (Å²) in [6.45, 7) is 7.62. The van der Waals surface area contributed by atoms with Crippen molar-refractivity contribution in [3.8, 4) is 0 Å². The van der Waals surface area contributed by atoms with Gasteiger partial charge in [0, 0.05) is 26.0 Å². The van der Waals surface area contributed by atoms with E-state index in [0.29, 0.717) is 0 Å². The van der Waals surface area contributed by atoms with Crippen molar-refractivity contribution in [1.82, 2.24) is 0 Å². The second kappa shape index (κ2) is 4.21. The third kappa shape index (κ3) is 2.19. The van der Waals surface area contributed by atoms with Crippen molar-refractivity contribution in [3.63, 3.8) is 0 Å². The zero-order valence-corrected chi connectivity index (χ0v) is 10.1. The van der Waals surface area contributed by atoms with E-state index in [1.165, 1.54) is 21.4 Å². The Balaban J connectivity index is 3.10. The van der Waals surface area contributed by atoms with E-state index in [-0.39, 0.29) is 0 Å². The Bertz CT molecular complexity index is 258. The molecule has 0 spiro atoms. The molecule has 0 saturated heterocycles. The molecule has 1 heterocycles. The molecule has 1 nitrogen and oxygen atoms in total. The highest BCUT2D eigenvalue weighted by Gasteiger charge is 2.09. The molecule has 0 unspecified atom stereocenters. The predicted octanol–water partition coefficient (Wildman–Crippen LogP) is 2.33. The van der Waals surface area contributed by atoms with Crippen LogP contribution in [0, 0.1) is 20.8 Å². The third-order valence-corrected chi connectivity index (χ3v) is 2.52. The molecule has 0 aliphatic heterocycles. The number of hydrogen-bond donors (Lipinski definition) is 0. The van der Waals surface area contributed by atoms with Crippen molar-refractivity contribution >= 4 is 22.6 Å². The fourth-order valence-corrected chi connectivity index (χ4v) is 2.05. The first-order valence-corrected chi connectivity index (χ1v) is 5.71. The molecular formula is C10H15IN+. The number of rotatable bonds is 2. The lowest BCUT2D eigenvalue weighted by Gasteiger charge is -2.02. The first kappa shape index (κ1) is 9.96. The number of hydrogen-bond acceptors (Lipinski definition) is 0. The van der Waals surface area contributed by atoms with Gasteiger partial charge in [0.15, 0.2) is 17.9 Å². The van der Waals surface area contributed by atoms with Crippen LogP contribution in [0.5, 0.6) is 0 Å². The number of halogens is 1. The SMILES string of the molecule is Cc1cc(C)[n+](CCI)c(C)c1. The Morgan fingerprint density at radius 1 is 1.17 bits per heavy atom. The van der Waals surface area contributed by atoms with Crippen LogP contribution >= 0.6 is 22.6 Å². The molecule has 0 saturated carbocycles. The van der Waals surface area contributed by atoms with Gasteiger partial charge in [-0.25, -0.2) is 0 Å². The van der Waals surface area contributed by atoms with Gasteiger partial charge >= 0.3 is 0 Å². The van der Waals surface area contributed by atoms with E-state index in [1.807, 2.05) is 0 Å². The van der Waals surface area contributed by atoms with Crippen molar-refractivity contribution in [2.24, 2.45) is 0 Å². The van der Waals surface area contributed by atoms with Crippen LogP contribution in [0.2, 0.25) is 0 Å². The normalized spacial score (nSPS) is 10.3. The molecule has 66 valence electrons. The van der Waals surface area contributed by atoms with E-state index in [4.69, 9.17) is 0 Å². The quantitative estimate of drug-likeness (QED) is 0.443. The number of aromatic nitrogens is 1. The van der Waals surface area contributed by atoms with Gasteiger partial charge in [-0.1, -0.05) is 22.6 Å². The average Bonchev–Trinajstić information content (AvgIpc) is 1.96. The molecule has 12 heavy (non-hydrogen) atoms. The standard InChI is InChI=1S/C10H15IN/c1-8-6-9(2)12(5-4-11)10(3)7-8/h6-7H,4-5H2,1-3H3/q+1. The lowest BCUT2D eigenvalue weighted by atomic mass is 10.2. The van der Waals surface area contributed by atoms with Crippen LogP contribution in [0.15, 0.2) is 12.1 Å². The predicted molar refractivity (Wildman–Crippen MR) is 59.7 cm³/mol. The highest BCUT2D eigenvalue weighted by molar-refractivity contribution is 14.1. The number of alkyl halides is 1. The maximum atomic E-state index is 2.41. The second-order valence-electron chi connectivity index (χ2n) is 3.16. The monoisotopic (exact) mass is 276 g/mol. The molecule has 0 amide bonds. The summed E-state index contributed by atoms with van der Waals surface area (Å²) in [6, 6.07) is 4.47. The summed E-state index contributed by atoms with van der Waals surface area (Å²) < 4.78 is 3.53. The van der Waals surface area contributed by atoms with Crippen molar-refractivity contribution in [2.75, 3.05) is 4.43 Å². The Morgan fingerprint density at radius 2 is 1.67 bits per heavy atom. The highest BCUT2D eigenvalue weighted by Crippen LogP contribution is 2.01. The van der Waals surface area contributed by atoms with Crippen LogP contribution in [-0.2, 0) is 6.54 Å². The van der Waals surface area contributed by atoms with Crippen LogP contribution in [-0.4, -0.2) is 4.43 Å². The smallest absolute Gasteiger partial charge is 0.178 e. The number of pyridine rings is 1. The van der Waals surface area contributed by atoms with Crippen LogP contribution < -0.4 is 4.57 Å². The summed E-state index contributed by atoms with van der Waals surface area (Å²) in [6.07, 6.45) is 0. The fourth-order valence-electron chi connectivity index (χ4n) is 1.57. The van der Waals surface area contributed by atoms with Gasteiger partial charge in [0.1, 0.15) is 0 Å². The van der Waals surface area contributed by atoms with E-state index in [0.717, 1.165) is 6.54 Å². The summed E-state index contributed by atoms with van der Waals surface area (Å²) in [4.78, 5) is 0. The molecule has 1 aromatic rings. The summed E-state index contributed by atoms with van der Waals surface area (Å²) >= 11 is 2.41. The first-order chi connectivity index (χ1) is 5.65. The molecular weight excluding hydrogens is 261 g/mol. The summed E-state index contributed by atoms with van der Waals surface area (Å²) in [5, 5.41) is 0. The number of aryl methyl sites for hydroxylation is 3. The van der Waals surface area contributed by atoms with Crippen molar-refractivity contribution in [1.29, 1.82) is 0 Å². The van der Waals surface area contributed by atoms with Gasteiger partial charge in [-0.2, -0.15) is 4.57 Å². The lowest BCUT2D eigenvalue weighted by molar-refractivity contribution is -0.703. The summed E-state index contributed by atoms with van der Waals surface area (Å²) in [5.74, 6) is 0. The topological polar surface area (TPSA) is 3.88 Å². The maximum Gasteiger partial charge on any atom is 0.178 e. The van der Waals surface area contributed by atoms with Crippen molar-refractivity contribution in [3.05, 3.63) is 29.1 Å². The minimum Gasteiger partial charge on any atom is -0.199 e. The van der Waals surface area contributed by atoms with Crippen molar-refractivity contribution in [2.45, 2.75) is 27.3 Å². The lowest BCUT2D eigenvalue weighted by Crippen LogP contribution is -2.41. The van der Waals surface area contributed by atoms with E-state index in [1.54, 1.807) is 0 Å². The van der Waals surface area contributed by atoms with E-state index < -0.39 is 0 Å². The molecule has 0 atom stereocenters. The zero-order chi connectivity index (χ0) is 9.14. The molecule has 0 N–H and O–H groups in total. The van der Waals surface area contributed by atoms with Gasteiger partial charge in [0.25, 0.3) is 0 Å². The van der Waals surface area contributed by atoms with Gasteiger partial charge in [-0.05, 0) is 12.5 Å². The average molecular weight is 276 g/mol.